The summed E-state index contributed by atoms with van der Waals surface area (Å²) in [5.74, 6) is 3.11. The second kappa shape index (κ2) is 5.73. The molecular formula is C12H17NOS2. The van der Waals surface area contributed by atoms with E-state index >= 15 is 0 Å². The van der Waals surface area contributed by atoms with E-state index in [0.29, 0.717) is 11.8 Å². The third kappa shape index (κ3) is 3.52. The van der Waals surface area contributed by atoms with E-state index in [1.165, 1.54) is 17.9 Å². The van der Waals surface area contributed by atoms with Gasteiger partial charge in [-0.1, -0.05) is 12.1 Å². The van der Waals surface area contributed by atoms with Crippen molar-refractivity contribution in [1.29, 1.82) is 0 Å². The van der Waals surface area contributed by atoms with Crippen molar-refractivity contribution in [3.8, 4) is 0 Å². The van der Waals surface area contributed by atoms with Gasteiger partial charge in [-0.15, -0.1) is 0 Å². The van der Waals surface area contributed by atoms with Crippen molar-refractivity contribution in [3.05, 3.63) is 29.8 Å². The van der Waals surface area contributed by atoms with Crippen LogP contribution >= 0.6 is 11.8 Å². The Morgan fingerprint density at radius 3 is 3.12 bits per heavy atom. The maximum Gasteiger partial charge on any atom is 0.0483 e. The summed E-state index contributed by atoms with van der Waals surface area (Å²) in [5, 5.41) is 3.53. The van der Waals surface area contributed by atoms with E-state index in [0.717, 1.165) is 11.3 Å². The molecule has 1 fully saturated rings. The van der Waals surface area contributed by atoms with Crippen molar-refractivity contribution in [2.75, 3.05) is 23.1 Å². The molecule has 0 spiro atoms. The maximum atomic E-state index is 11.2. The van der Waals surface area contributed by atoms with E-state index in [4.69, 9.17) is 0 Å². The van der Waals surface area contributed by atoms with Gasteiger partial charge in [0.15, 0.2) is 0 Å². The van der Waals surface area contributed by atoms with Crippen LogP contribution in [-0.4, -0.2) is 28.0 Å². The molecule has 0 aromatic heterocycles. The van der Waals surface area contributed by atoms with Crippen LogP contribution in [0.25, 0.3) is 0 Å². The van der Waals surface area contributed by atoms with Gasteiger partial charge in [0, 0.05) is 40.3 Å². The first-order chi connectivity index (χ1) is 7.74. The van der Waals surface area contributed by atoms with Gasteiger partial charge >= 0.3 is 0 Å². The highest BCUT2D eigenvalue weighted by molar-refractivity contribution is 7.99. The van der Waals surface area contributed by atoms with Gasteiger partial charge in [0.05, 0.1) is 0 Å². The van der Waals surface area contributed by atoms with E-state index < -0.39 is 10.8 Å². The number of nitrogens with one attached hydrogen (secondary N) is 1. The summed E-state index contributed by atoms with van der Waals surface area (Å²) in [5.41, 5.74) is 2.31. The number of hydrogen-bond donors (Lipinski definition) is 1. The average Bonchev–Trinajstić information content (AvgIpc) is 2.70. The minimum absolute atomic E-state index is 0.604. The molecule has 2 unspecified atom stereocenters. The predicted octanol–water partition coefficient (Wildman–Crippen LogP) is 2.48. The molecule has 2 nitrogen and oxygen atoms in total. The number of benzene rings is 1. The van der Waals surface area contributed by atoms with Crippen LogP contribution in [0.4, 0.5) is 5.69 Å². The molecule has 2 rings (SSSR count). The predicted molar refractivity (Wildman–Crippen MR) is 73.6 cm³/mol. The Bertz CT molecular complexity index is 375. The molecular weight excluding hydrogens is 238 g/mol. The molecule has 2 atom stereocenters. The molecule has 1 aromatic carbocycles. The van der Waals surface area contributed by atoms with Gasteiger partial charge in [-0.25, -0.2) is 0 Å². The Kier molecular flexibility index (Phi) is 4.29. The fourth-order valence-electron chi connectivity index (χ4n) is 1.87. The molecule has 0 saturated carbocycles. The molecule has 0 radical (unpaired) electrons. The van der Waals surface area contributed by atoms with Gasteiger partial charge < -0.3 is 5.32 Å². The van der Waals surface area contributed by atoms with Gasteiger partial charge in [-0.2, -0.15) is 11.8 Å². The van der Waals surface area contributed by atoms with Crippen LogP contribution in [0.15, 0.2) is 24.3 Å². The monoisotopic (exact) mass is 255 g/mol. The Hall–Kier alpha value is -0.480. The zero-order chi connectivity index (χ0) is 11.4. The first kappa shape index (κ1) is 12.0. The largest absolute Gasteiger partial charge is 0.381 e. The van der Waals surface area contributed by atoms with Crippen LogP contribution in [0.3, 0.4) is 0 Å². The summed E-state index contributed by atoms with van der Waals surface area (Å²) in [7, 11) is -0.761. The first-order valence-electron chi connectivity index (χ1n) is 5.47. The van der Waals surface area contributed by atoms with E-state index in [2.05, 4.69) is 17.4 Å². The quantitative estimate of drug-likeness (QED) is 0.896. The third-order valence-electron chi connectivity index (χ3n) is 2.60. The topological polar surface area (TPSA) is 29.1 Å². The summed E-state index contributed by atoms with van der Waals surface area (Å²) < 4.78 is 11.2. The normalized spacial score (nSPS) is 21.9. The fourth-order valence-corrected chi connectivity index (χ4v) is 3.67. The number of anilines is 1. The van der Waals surface area contributed by atoms with E-state index in [-0.39, 0.29) is 0 Å². The molecule has 1 aliphatic heterocycles. The lowest BCUT2D eigenvalue weighted by Crippen LogP contribution is -2.18. The number of rotatable bonds is 4. The first-order valence-corrected chi connectivity index (χ1v) is 8.35. The summed E-state index contributed by atoms with van der Waals surface area (Å²) in [6.45, 7) is 0. The average molecular weight is 255 g/mol. The molecule has 1 aromatic rings. The fraction of sp³-hybridized carbons (Fsp3) is 0.500. The smallest absolute Gasteiger partial charge is 0.0483 e. The molecule has 0 amide bonds. The molecule has 1 aliphatic rings. The molecule has 16 heavy (non-hydrogen) atoms. The molecule has 1 saturated heterocycles. The van der Waals surface area contributed by atoms with Crippen molar-refractivity contribution in [3.63, 3.8) is 0 Å². The zero-order valence-electron chi connectivity index (χ0n) is 9.44. The number of hydrogen-bond acceptors (Lipinski definition) is 3. The van der Waals surface area contributed by atoms with Crippen LogP contribution in [0.5, 0.6) is 0 Å². The van der Waals surface area contributed by atoms with Crippen LogP contribution in [0.2, 0.25) is 0 Å². The summed E-state index contributed by atoms with van der Waals surface area (Å²) >= 11 is 2.01. The second-order valence-electron chi connectivity index (χ2n) is 4.12. The lowest BCUT2D eigenvalue weighted by atomic mass is 10.2. The maximum absolute atomic E-state index is 11.2. The van der Waals surface area contributed by atoms with Crippen LogP contribution in [0, 0.1) is 0 Å². The van der Waals surface area contributed by atoms with Crippen molar-refractivity contribution >= 4 is 28.2 Å². The second-order valence-corrected chi connectivity index (χ2v) is 6.71. The van der Waals surface area contributed by atoms with Crippen LogP contribution in [0.1, 0.15) is 12.0 Å². The summed E-state index contributed by atoms with van der Waals surface area (Å²) in [6, 6.07) is 8.88. The van der Waals surface area contributed by atoms with E-state index in [9.17, 15) is 4.21 Å². The summed E-state index contributed by atoms with van der Waals surface area (Å²) in [6.07, 6.45) is 2.99. The minimum atomic E-state index is -0.761. The highest BCUT2D eigenvalue weighted by Crippen LogP contribution is 2.22. The molecule has 88 valence electrons. The zero-order valence-corrected chi connectivity index (χ0v) is 11.1. The number of thioether (sulfide) groups is 1. The SMILES string of the molecule is CS(=O)Cc1cccc(NC2CCSC2)c1. The van der Waals surface area contributed by atoms with Gasteiger partial charge in [0.1, 0.15) is 0 Å². The molecule has 0 bridgehead atoms. The molecule has 0 aliphatic carbocycles. The standard InChI is InChI=1S/C12H17NOS2/c1-16(14)9-10-3-2-4-11(7-10)13-12-5-6-15-8-12/h2-4,7,12-13H,5-6,8-9H2,1H3. The van der Waals surface area contributed by atoms with Gasteiger partial charge in [0.2, 0.25) is 0 Å². The van der Waals surface area contributed by atoms with Crippen molar-refractivity contribution in [1.82, 2.24) is 0 Å². The summed E-state index contributed by atoms with van der Waals surface area (Å²) in [4.78, 5) is 0. The Morgan fingerprint density at radius 2 is 2.44 bits per heavy atom. The molecule has 1 heterocycles. The third-order valence-corrected chi connectivity index (χ3v) is 4.50. The van der Waals surface area contributed by atoms with E-state index in [1.807, 2.05) is 23.9 Å². The van der Waals surface area contributed by atoms with E-state index in [1.54, 1.807) is 6.26 Å². The lowest BCUT2D eigenvalue weighted by molar-refractivity contribution is 0.686. The Labute approximate surface area is 104 Å². The molecule has 1 N–H and O–H groups in total. The minimum Gasteiger partial charge on any atom is -0.381 e. The van der Waals surface area contributed by atoms with Gasteiger partial charge in [0.25, 0.3) is 0 Å². The van der Waals surface area contributed by atoms with Crippen molar-refractivity contribution in [2.24, 2.45) is 0 Å². The molecule has 4 heteroatoms. The van der Waals surface area contributed by atoms with Gasteiger partial charge in [-0.05, 0) is 29.9 Å². The lowest BCUT2D eigenvalue weighted by Gasteiger charge is -2.13. The van der Waals surface area contributed by atoms with Crippen LogP contribution in [-0.2, 0) is 16.6 Å². The highest BCUT2D eigenvalue weighted by Gasteiger charge is 2.14. The van der Waals surface area contributed by atoms with Crippen molar-refractivity contribution in [2.45, 2.75) is 18.2 Å². The van der Waals surface area contributed by atoms with Crippen molar-refractivity contribution < 1.29 is 4.21 Å². The Balaban J connectivity index is 2.00. The van der Waals surface area contributed by atoms with Gasteiger partial charge in [-0.3, -0.25) is 4.21 Å². The Morgan fingerprint density at radius 1 is 1.56 bits per heavy atom. The highest BCUT2D eigenvalue weighted by atomic mass is 32.2. The van der Waals surface area contributed by atoms with Crippen LogP contribution < -0.4 is 5.32 Å².